The number of nitrogens with one attached hydrogen (secondary N) is 1. The summed E-state index contributed by atoms with van der Waals surface area (Å²) < 4.78 is 10.7. The normalized spacial score (nSPS) is 18.2. The summed E-state index contributed by atoms with van der Waals surface area (Å²) in [6.45, 7) is 3.14. The standard InChI is InChI=1S/C20H26N2O2/c1-23-19-11-10-16(13-20(19)24-2)14-22-12-6-9-18(15-22)21-17-7-4-3-5-8-17/h3-5,7-8,10-11,13,18,21H,6,9,12,14-15H2,1-2H3. The second kappa shape index (κ2) is 8.06. The van der Waals surface area contributed by atoms with Gasteiger partial charge < -0.3 is 14.8 Å². The number of likely N-dealkylation sites (tertiary alicyclic amines) is 1. The Balaban J connectivity index is 1.61. The zero-order valence-electron chi connectivity index (χ0n) is 14.5. The van der Waals surface area contributed by atoms with Gasteiger partial charge in [0, 0.05) is 24.8 Å². The highest BCUT2D eigenvalue weighted by molar-refractivity contribution is 5.44. The molecule has 0 bridgehead atoms. The monoisotopic (exact) mass is 326 g/mol. The van der Waals surface area contributed by atoms with Crippen LogP contribution in [0.2, 0.25) is 0 Å². The molecule has 3 rings (SSSR count). The van der Waals surface area contributed by atoms with Gasteiger partial charge in [-0.15, -0.1) is 0 Å². The molecule has 1 unspecified atom stereocenters. The van der Waals surface area contributed by atoms with E-state index in [0.29, 0.717) is 6.04 Å². The van der Waals surface area contributed by atoms with Gasteiger partial charge in [0.05, 0.1) is 14.2 Å². The fourth-order valence-electron chi connectivity index (χ4n) is 3.32. The van der Waals surface area contributed by atoms with Crippen LogP contribution in [0.5, 0.6) is 11.5 Å². The maximum Gasteiger partial charge on any atom is 0.161 e. The van der Waals surface area contributed by atoms with Crippen molar-refractivity contribution < 1.29 is 9.47 Å². The van der Waals surface area contributed by atoms with Crippen molar-refractivity contribution in [1.82, 2.24) is 4.90 Å². The summed E-state index contributed by atoms with van der Waals surface area (Å²) in [5, 5.41) is 3.65. The van der Waals surface area contributed by atoms with Gasteiger partial charge in [-0.25, -0.2) is 0 Å². The predicted octanol–water partition coefficient (Wildman–Crippen LogP) is 3.78. The number of benzene rings is 2. The molecule has 1 atom stereocenters. The van der Waals surface area contributed by atoms with Crippen molar-refractivity contribution >= 4 is 5.69 Å². The molecule has 0 aromatic heterocycles. The van der Waals surface area contributed by atoms with Gasteiger partial charge in [0.1, 0.15) is 0 Å². The van der Waals surface area contributed by atoms with Crippen LogP contribution < -0.4 is 14.8 Å². The Kier molecular flexibility index (Phi) is 5.59. The molecule has 1 N–H and O–H groups in total. The molecule has 2 aromatic rings. The minimum atomic E-state index is 0.501. The zero-order chi connectivity index (χ0) is 16.8. The first-order chi connectivity index (χ1) is 11.8. The maximum atomic E-state index is 5.41. The van der Waals surface area contributed by atoms with Gasteiger partial charge in [0.25, 0.3) is 0 Å². The van der Waals surface area contributed by atoms with Crippen LogP contribution in [0.3, 0.4) is 0 Å². The van der Waals surface area contributed by atoms with E-state index in [2.05, 4.69) is 52.7 Å². The molecule has 24 heavy (non-hydrogen) atoms. The summed E-state index contributed by atoms with van der Waals surface area (Å²) >= 11 is 0. The quantitative estimate of drug-likeness (QED) is 0.876. The van der Waals surface area contributed by atoms with E-state index in [4.69, 9.17) is 9.47 Å². The number of nitrogens with zero attached hydrogens (tertiary/aromatic N) is 1. The van der Waals surface area contributed by atoms with Crippen LogP contribution in [-0.2, 0) is 6.54 Å². The van der Waals surface area contributed by atoms with Crippen molar-refractivity contribution in [2.45, 2.75) is 25.4 Å². The van der Waals surface area contributed by atoms with Gasteiger partial charge in [-0.05, 0) is 49.2 Å². The minimum absolute atomic E-state index is 0.501. The first kappa shape index (κ1) is 16.7. The van der Waals surface area contributed by atoms with E-state index >= 15 is 0 Å². The Morgan fingerprint density at radius 1 is 1.04 bits per heavy atom. The topological polar surface area (TPSA) is 33.7 Å². The van der Waals surface area contributed by atoms with Crippen molar-refractivity contribution in [2.75, 3.05) is 32.6 Å². The molecule has 2 aromatic carbocycles. The van der Waals surface area contributed by atoms with Crippen molar-refractivity contribution in [3.63, 3.8) is 0 Å². The number of piperidine rings is 1. The molecule has 0 spiro atoms. The second-order valence-corrected chi connectivity index (χ2v) is 6.27. The summed E-state index contributed by atoms with van der Waals surface area (Å²) in [5.74, 6) is 1.58. The summed E-state index contributed by atoms with van der Waals surface area (Å²) in [4.78, 5) is 2.51. The van der Waals surface area contributed by atoms with E-state index in [1.807, 2.05) is 6.07 Å². The molecular formula is C20H26N2O2. The van der Waals surface area contributed by atoms with Gasteiger partial charge in [-0.3, -0.25) is 4.90 Å². The van der Waals surface area contributed by atoms with Crippen LogP contribution in [0, 0.1) is 0 Å². The molecular weight excluding hydrogens is 300 g/mol. The van der Waals surface area contributed by atoms with E-state index in [1.165, 1.54) is 24.1 Å². The third-order valence-electron chi connectivity index (χ3n) is 4.50. The molecule has 1 saturated heterocycles. The molecule has 4 nitrogen and oxygen atoms in total. The van der Waals surface area contributed by atoms with Gasteiger partial charge in [-0.1, -0.05) is 24.3 Å². The van der Waals surface area contributed by atoms with Crippen LogP contribution in [-0.4, -0.2) is 38.3 Å². The summed E-state index contributed by atoms with van der Waals surface area (Å²) in [7, 11) is 3.35. The minimum Gasteiger partial charge on any atom is -0.493 e. The van der Waals surface area contributed by atoms with Crippen LogP contribution in [0.25, 0.3) is 0 Å². The van der Waals surface area contributed by atoms with Gasteiger partial charge in [0.15, 0.2) is 11.5 Å². The van der Waals surface area contributed by atoms with Crippen LogP contribution in [0.15, 0.2) is 48.5 Å². The number of methoxy groups -OCH3 is 2. The van der Waals surface area contributed by atoms with Crippen molar-refractivity contribution in [3.05, 3.63) is 54.1 Å². The zero-order valence-corrected chi connectivity index (χ0v) is 14.5. The third kappa shape index (κ3) is 4.20. The maximum absolute atomic E-state index is 5.41. The molecule has 1 fully saturated rings. The van der Waals surface area contributed by atoms with E-state index in [0.717, 1.165) is 31.1 Å². The largest absolute Gasteiger partial charge is 0.493 e. The van der Waals surface area contributed by atoms with Crippen molar-refractivity contribution in [2.24, 2.45) is 0 Å². The highest BCUT2D eigenvalue weighted by Gasteiger charge is 2.20. The molecule has 0 radical (unpaired) electrons. The van der Waals surface area contributed by atoms with Crippen LogP contribution in [0.4, 0.5) is 5.69 Å². The van der Waals surface area contributed by atoms with E-state index in [1.54, 1.807) is 14.2 Å². The lowest BCUT2D eigenvalue weighted by Crippen LogP contribution is -2.41. The molecule has 4 heteroatoms. The fraction of sp³-hybridized carbons (Fsp3) is 0.400. The number of anilines is 1. The molecule has 1 heterocycles. The number of ether oxygens (including phenoxy) is 2. The number of hydrogen-bond acceptors (Lipinski definition) is 4. The average molecular weight is 326 g/mol. The number of rotatable bonds is 6. The first-order valence-electron chi connectivity index (χ1n) is 8.53. The second-order valence-electron chi connectivity index (χ2n) is 6.27. The Morgan fingerprint density at radius 3 is 2.58 bits per heavy atom. The van der Waals surface area contributed by atoms with Gasteiger partial charge >= 0.3 is 0 Å². The van der Waals surface area contributed by atoms with Crippen LogP contribution in [0.1, 0.15) is 18.4 Å². The van der Waals surface area contributed by atoms with Crippen molar-refractivity contribution in [1.29, 1.82) is 0 Å². The molecule has 1 aliphatic heterocycles. The summed E-state index contributed by atoms with van der Waals surface area (Å²) in [6.07, 6.45) is 2.44. The predicted molar refractivity (Wildman–Crippen MR) is 97.9 cm³/mol. The van der Waals surface area contributed by atoms with E-state index in [9.17, 15) is 0 Å². The Labute approximate surface area is 144 Å². The number of para-hydroxylation sites is 1. The molecule has 0 saturated carbocycles. The lowest BCUT2D eigenvalue weighted by Gasteiger charge is -2.33. The van der Waals surface area contributed by atoms with Crippen LogP contribution >= 0.6 is 0 Å². The summed E-state index contributed by atoms with van der Waals surface area (Å²) in [5.41, 5.74) is 2.46. The van der Waals surface area contributed by atoms with Gasteiger partial charge in [0.2, 0.25) is 0 Å². The highest BCUT2D eigenvalue weighted by atomic mass is 16.5. The lowest BCUT2D eigenvalue weighted by atomic mass is 10.0. The van der Waals surface area contributed by atoms with E-state index in [-0.39, 0.29) is 0 Å². The first-order valence-corrected chi connectivity index (χ1v) is 8.53. The highest BCUT2D eigenvalue weighted by Crippen LogP contribution is 2.28. The Bertz CT molecular complexity index is 645. The molecule has 0 aliphatic carbocycles. The Hall–Kier alpha value is -2.20. The van der Waals surface area contributed by atoms with Crippen molar-refractivity contribution in [3.8, 4) is 11.5 Å². The average Bonchev–Trinajstić information content (AvgIpc) is 2.63. The van der Waals surface area contributed by atoms with E-state index < -0.39 is 0 Å². The molecule has 1 aliphatic rings. The smallest absolute Gasteiger partial charge is 0.161 e. The SMILES string of the molecule is COc1ccc(CN2CCCC(Nc3ccccc3)C2)cc1OC. The lowest BCUT2D eigenvalue weighted by molar-refractivity contribution is 0.208. The number of hydrogen-bond donors (Lipinski definition) is 1. The van der Waals surface area contributed by atoms with Gasteiger partial charge in [-0.2, -0.15) is 0 Å². The fourth-order valence-corrected chi connectivity index (χ4v) is 3.32. The third-order valence-corrected chi connectivity index (χ3v) is 4.50. The molecule has 128 valence electrons. The summed E-state index contributed by atoms with van der Waals surface area (Å²) in [6, 6.07) is 17.1. The molecule has 0 amide bonds. The Morgan fingerprint density at radius 2 is 1.83 bits per heavy atom.